The van der Waals surface area contributed by atoms with Crippen LogP contribution in [0.15, 0.2) is 12.3 Å². The van der Waals surface area contributed by atoms with Crippen molar-refractivity contribution in [2.45, 2.75) is 13.0 Å². The van der Waals surface area contributed by atoms with Crippen molar-refractivity contribution in [3.63, 3.8) is 0 Å². The molecule has 0 aliphatic carbocycles. The van der Waals surface area contributed by atoms with E-state index >= 15 is 0 Å². The molecule has 1 N–H and O–H groups in total. The van der Waals surface area contributed by atoms with Gasteiger partial charge in [0.1, 0.15) is 5.15 Å². The van der Waals surface area contributed by atoms with Crippen molar-refractivity contribution in [3.8, 4) is 0 Å². The van der Waals surface area contributed by atoms with E-state index in [9.17, 15) is 0 Å². The van der Waals surface area contributed by atoms with Gasteiger partial charge < -0.3 is 5.32 Å². The summed E-state index contributed by atoms with van der Waals surface area (Å²) in [5, 5.41) is 4.18. The molecular formula is C8H10Cl2N2. The summed E-state index contributed by atoms with van der Waals surface area (Å²) in [6, 6.07) is 1.99. The third kappa shape index (κ3) is 2.09. The quantitative estimate of drug-likeness (QED) is 0.750. The highest BCUT2D eigenvalue weighted by Gasteiger charge is 2.08. The first kappa shape index (κ1) is 9.78. The molecule has 0 saturated heterocycles. The van der Waals surface area contributed by atoms with Crippen LogP contribution >= 0.6 is 23.2 Å². The lowest BCUT2D eigenvalue weighted by atomic mass is 10.1. The van der Waals surface area contributed by atoms with Gasteiger partial charge in [0.2, 0.25) is 0 Å². The Labute approximate surface area is 81.9 Å². The molecule has 0 spiro atoms. The van der Waals surface area contributed by atoms with Crippen molar-refractivity contribution in [3.05, 3.63) is 28.0 Å². The van der Waals surface area contributed by atoms with Crippen LogP contribution < -0.4 is 5.32 Å². The van der Waals surface area contributed by atoms with Gasteiger partial charge in [-0.1, -0.05) is 23.2 Å². The van der Waals surface area contributed by atoms with Crippen LogP contribution in [0.5, 0.6) is 0 Å². The standard InChI is InChI=1S/C8H10Cl2N2/c1-5(11-2)7-3-6(9)4-12-8(7)10/h3-5,11H,1-2H3/t5-/m1/s1. The summed E-state index contributed by atoms with van der Waals surface area (Å²) in [6.07, 6.45) is 1.54. The molecule has 1 rings (SSSR count). The lowest BCUT2D eigenvalue weighted by molar-refractivity contribution is 0.650. The largest absolute Gasteiger partial charge is 0.313 e. The molecule has 0 saturated carbocycles. The number of aromatic nitrogens is 1. The van der Waals surface area contributed by atoms with E-state index in [0.717, 1.165) is 5.56 Å². The SMILES string of the molecule is CN[C@H](C)c1cc(Cl)cnc1Cl. The van der Waals surface area contributed by atoms with Crippen LogP contribution in [0, 0.1) is 0 Å². The van der Waals surface area contributed by atoms with Crippen LogP contribution in [0.3, 0.4) is 0 Å². The average Bonchev–Trinajstić information content (AvgIpc) is 2.08. The van der Waals surface area contributed by atoms with Gasteiger partial charge in [0.05, 0.1) is 5.02 Å². The van der Waals surface area contributed by atoms with E-state index in [-0.39, 0.29) is 6.04 Å². The van der Waals surface area contributed by atoms with E-state index < -0.39 is 0 Å². The molecule has 66 valence electrons. The number of rotatable bonds is 2. The summed E-state index contributed by atoms with van der Waals surface area (Å²) < 4.78 is 0. The molecule has 0 aromatic carbocycles. The summed E-state index contributed by atoms with van der Waals surface area (Å²) in [4.78, 5) is 3.94. The van der Waals surface area contributed by atoms with Crippen LogP contribution in [-0.2, 0) is 0 Å². The minimum absolute atomic E-state index is 0.170. The van der Waals surface area contributed by atoms with Crippen LogP contribution in [0.25, 0.3) is 0 Å². The normalized spacial score (nSPS) is 13.0. The summed E-state index contributed by atoms with van der Waals surface area (Å²) in [5.74, 6) is 0. The number of halogens is 2. The molecule has 0 fully saturated rings. The Hall–Kier alpha value is -0.310. The molecule has 0 aliphatic heterocycles. The lowest BCUT2D eigenvalue weighted by Gasteiger charge is -2.11. The zero-order chi connectivity index (χ0) is 9.14. The molecule has 0 radical (unpaired) electrons. The average molecular weight is 205 g/mol. The third-order valence-electron chi connectivity index (χ3n) is 1.73. The first-order valence-corrected chi connectivity index (χ1v) is 4.39. The first-order chi connectivity index (χ1) is 5.65. The highest BCUT2D eigenvalue weighted by molar-refractivity contribution is 6.32. The maximum absolute atomic E-state index is 5.86. The molecular weight excluding hydrogens is 195 g/mol. The highest BCUT2D eigenvalue weighted by Crippen LogP contribution is 2.23. The minimum Gasteiger partial charge on any atom is -0.313 e. The van der Waals surface area contributed by atoms with Crippen LogP contribution in [0.4, 0.5) is 0 Å². The lowest BCUT2D eigenvalue weighted by Crippen LogP contribution is -2.13. The van der Waals surface area contributed by atoms with Crippen molar-refractivity contribution < 1.29 is 0 Å². The second-order valence-electron chi connectivity index (χ2n) is 2.54. The second kappa shape index (κ2) is 4.08. The molecule has 1 aromatic rings. The molecule has 4 heteroatoms. The maximum Gasteiger partial charge on any atom is 0.133 e. The van der Waals surface area contributed by atoms with Crippen LogP contribution in [-0.4, -0.2) is 12.0 Å². The van der Waals surface area contributed by atoms with E-state index in [1.54, 1.807) is 0 Å². The Bertz CT molecular complexity index is 276. The van der Waals surface area contributed by atoms with Gasteiger partial charge in [-0.05, 0) is 20.0 Å². The topological polar surface area (TPSA) is 24.9 Å². The van der Waals surface area contributed by atoms with E-state index in [0.29, 0.717) is 10.2 Å². The highest BCUT2D eigenvalue weighted by atomic mass is 35.5. The predicted molar refractivity (Wildman–Crippen MR) is 51.7 cm³/mol. The van der Waals surface area contributed by atoms with E-state index in [2.05, 4.69) is 10.3 Å². The smallest absolute Gasteiger partial charge is 0.133 e. The molecule has 12 heavy (non-hydrogen) atoms. The molecule has 1 aromatic heterocycles. The first-order valence-electron chi connectivity index (χ1n) is 3.63. The molecule has 0 amide bonds. The zero-order valence-corrected chi connectivity index (χ0v) is 8.45. The Morgan fingerprint density at radius 3 is 2.75 bits per heavy atom. The Balaban J connectivity index is 3.04. The Kier molecular flexibility index (Phi) is 3.32. The molecule has 0 bridgehead atoms. The van der Waals surface area contributed by atoms with Gasteiger partial charge in [-0.3, -0.25) is 0 Å². The van der Waals surface area contributed by atoms with Crippen molar-refractivity contribution >= 4 is 23.2 Å². The molecule has 0 unspecified atom stereocenters. The summed E-state index contributed by atoms with van der Waals surface area (Å²) in [6.45, 7) is 2.00. The Morgan fingerprint density at radius 1 is 1.50 bits per heavy atom. The summed E-state index contributed by atoms with van der Waals surface area (Å²) >= 11 is 11.6. The fourth-order valence-corrected chi connectivity index (χ4v) is 1.33. The van der Waals surface area contributed by atoms with Crippen molar-refractivity contribution in [2.24, 2.45) is 0 Å². The van der Waals surface area contributed by atoms with E-state index in [1.807, 2.05) is 20.0 Å². The van der Waals surface area contributed by atoms with Gasteiger partial charge in [-0.15, -0.1) is 0 Å². The minimum atomic E-state index is 0.170. The molecule has 2 nitrogen and oxygen atoms in total. The summed E-state index contributed by atoms with van der Waals surface area (Å²) in [5.41, 5.74) is 0.923. The molecule has 1 atom stereocenters. The van der Waals surface area contributed by atoms with Gasteiger partial charge in [0, 0.05) is 17.8 Å². The fourth-order valence-electron chi connectivity index (χ4n) is 0.897. The number of pyridine rings is 1. The van der Waals surface area contributed by atoms with Crippen LogP contribution in [0.2, 0.25) is 10.2 Å². The predicted octanol–water partition coefficient (Wildman–Crippen LogP) is 2.67. The third-order valence-corrected chi connectivity index (χ3v) is 2.25. The monoisotopic (exact) mass is 204 g/mol. The van der Waals surface area contributed by atoms with E-state index in [1.165, 1.54) is 6.20 Å². The maximum atomic E-state index is 5.86. The Morgan fingerprint density at radius 2 is 2.17 bits per heavy atom. The van der Waals surface area contributed by atoms with Crippen molar-refractivity contribution in [1.82, 2.24) is 10.3 Å². The molecule has 1 heterocycles. The van der Waals surface area contributed by atoms with Crippen molar-refractivity contribution in [1.29, 1.82) is 0 Å². The number of hydrogen-bond donors (Lipinski definition) is 1. The van der Waals surface area contributed by atoms with Gasteiger partial charge in [-0.2, -0.15) is 0 Å². The zero-order valence-electron chi connectivity index (χ0n) is 6.94. The van der Waals surface area contributed by atoms with Gasteiger partial charge in [0.25, 0.3) is 0 Å². The van der Waals surface area contributed by atoms with E-state index in [4.69, 9.17) is 23.2 Å². The van der Waals surface area contributed by atoms with Gasteiger partial charge in [-0.25, -0.2) is 4.98 Å². The molecule has 0 aliphatic rings. The van der Waals surface area contributed by atoms with Crippen molar-refractivity contribution in [2.75, 3.05) is 7.05 Å². The second-order valence-corrected chi connectivity index (χ2v) is 3.34. The fraction of sp³-hybridized carbons (Fsp3) is 0.375. The van der Waals surface area contributed by atoms with Crippen LogP contribution in [0.1, 0.15) is 18.5 Å². The number of nitrogens with one attached hydrogen (secondary N) is 1. The van der Waals surface area contributed by atoms with Gasteiger partial charge >= 0.3 is 0 Å². The number of hydrogen-bond acceptors (Lipinski definition) is 2. The summed E-state index contributed by atoms with van der Waals surface area (Å²) in [7, 11) is 1.86. The van der Waals surface area contributed by atoms with Gasteiger partial charge in [0.15, 0.2) is 0 Å². The number of nitrogens with zero attached hydrogens (tertiary/aromatic N) is 1.